The maximum Gasteiger partial charge on any atom is 0.294 e. The first-order valence-corrected chi connectivity index (χ1v) is 4.67. The van der Waals surface area contributed by atoms with Crippen molar-refractivity contribution in [1.29, 1.82) is 0 Å². The van der Waals surface area contributed by atoms with Gasteiger partial charge in [-0.25, -0.2) is 4.39 Å². The molecule has 0 fully saturated rings. The van der Waals surface area contributed by atoms with E-state index < -0.39 is 22.7 Å². The Kier molecular flexibility index (Phi) is 3.93. The molecule has 0 saturated heterocycles. The fraction of sp³-hybridized carbons (Fsp3) is 0.300. The molecular formula is C10H11FN2O3. The van der Waals surface area contributed by atoms with E-state index in [1.807, 2.05) is 0 Å². The lowest BCUT2D eigenvalue weighted by Crippen LogP contribution is -2.37. The van der Waals surface area contributed by atoms with E-state index in [0.29, 0.717) is 5.56 Å². The summed E-state index contributed by atoms with van der Waals surface area (Å²) in [6.45, 7) is 1.13. The first-order valence-electron chi connectivity index (χ1n) is 4.67. The molecule has 1 amide bonds. The van der Waals surface area contributed by atoms with E-state index in [9.17, 15) is 19.3 Å². The molecule has 0 aromatic heterocycles. The molecule has 6 heteroatoms. The first kappa shape index (κ1) is 12.1. The van der Waals surface area contributed by atoms with Gasteiger partial charge >= 0.3 is 0 Å². The Balaban J connectivity index is 2.56. The monoisotopic (exact) mass is 226 g/mol. The summed E-state index contributed by atoms with van der Waals surface area (Å²) < 4.78 is 13.1. The average molecular weight is 226 g/mol. The highest BCUT2D eigenvalue weighted by molar-refractivity contribution is 5.79. The summed E-state index contributed by atoms with van der Waals surface area (Å²) in [5.74, 6) is -1.18. The van der Waals surface area contributed by atoms with E-state index in [1.54, 1.807) is 6.07 Å². The third-order valence-electron chi connectivity index (χ3n) is 2.11. The smallest absolute Gasteiger partial charge is 0.294 e. The van der Waals surface area contributed by atoms with Crippen LogP contribution in [0.15, 0.2) is 24.3 Å². The maximum atomic E-state index is 13.1. The topological polar surface area (TPSA) is 72.2 Å². The molecule has 0 aliphatic carbocycles. The predicted molar refractivity (Wildman–Crippen MR) is 54.7 cm³/mol. The van der Waals surface area contributed by atoms with Crippen LogP contribution >= 0.6 is 0 Å². The molecule has 0 spiro atoms. The summed E-state index contributed by atoms with van der Waals surface area (Å²) in [6.07, 6.45) is 0. The highest BCUT2D eigenvalue weighted by atomic mass is 19.1. The van der Waals surface area contributed by atoms with Gasteiger partial charge in [0.25, 0.3) is 11.9 Å². The molecule has 1 atom stereocenters. The number of amides is 1. The highest BCUT2D eigenvalue weighted by Gasteiger charge is 2.22. The van der Waals surface area contributed by atoms with Crippen LogP contribution in [0.25, 0.3) is 0 Å². The second-order valence-electron chi connectivity index (χ2n) is 3.27. The maximum absolute atomic E-state index is 13.1. The summed E-state index contributed by atoms with van der Waals surface area (Å²) in [4.78, 5) is 20.8. The van der Waals surface area contributed by atoms with Crippen LogP contribution in [0.5, 0.6) is 0 Å². The summed E-state index contributed by atoms with van der Waals surface area (Å²) in [7, 11) is 0. The predicted octanol–water partition coefficient (Wildman–Crippen LogP) is 1.11. The highest BCUT2D eigenvalue weighted by Crippen LogP contribution is 2.05. The number of halogens is 1. The molecule has 0 aliphatic heterocycles. The Morgan fingerprint density at radius 1 is 1.56 bits per heavy atom. The van der Waals surface area contributed by atoms with Crippen molar-refractivity contribution < 1.29 is 14.1 Å². The number of nitrogens with zero attached hydrogens (tertiary/aromatic N) is 1. The minimum absolute atomic E-state index is 0.0519. The van der Waals surface area contributed by atoms with E-state index in [1.165, 1.54) is 25.1 Å². The molecule has 5 nitrogen and oxygen atoms in total. The number of rotatable bonds is 4. The molecule has 0 radical (unpaired) electrons. The molecule has 1 unspecified atom stereocenters. The Labute approximate surface area is 91.4 Å². The van der Waals surface area contributed by atoms with Crippen molar-refractivity contribution in [3.8, 4) is 0 Å². The van der Waals surface area contributed by atoms with E-state index in [0.717, 1.165) is 0 Å². The molecule has 0 heterocycles. The molecule has 1 aromatic rings. The summed E-state index contributed by atoms with van der Waals surface area (Å²) in [6, 6.07) is 4.60. The zero-order valence-electron chi connectivity index (χ0n) is 8.64. The van der Waals surface area contributed by atoms with Crippen LogP contribution in [-0.4, -0.2) is 16.9 Å². The zero-order valence-corrected chi connectivity index (χ0v) is 8.64. The van der Waals surface area contributed by atoms with Crippen LogP contribution in [0.4, 0.5) is 4.39 Å². The van der Waals surface area contributed by atoms with Gasteiger partial charge in [-0.15, -0.1) is 0 Å². The molecule has 1 N–H and O–H groups in total. The largest absolute Gasteiger partial charge is 0.346 e. The normalized spacial score (nSPS) is 11.9. The Bertz CT molecular complexity index is 409. The van der Waals surface area contributed by atoms with E-state index in [4.69, 9.17) is 0 Å². The van der Waals surface area contributed by atoms with Crippen molar-refractivity contribution in [2.45, 2.75) is 19.5 Å². The number of nitrogens with one attached hydrogen (secondary N) is 1. The van der Waals surface area contributed by atoms with Crippen molar-refractivity contribution in [3.63, 3.8) is 0 Å². The SMILES string of the molecule is CC(C(=O)NCc1ccccc1F)[N+](=O)[O-]. The Morgan fingerprint density at radius 2 is 2.19 bits per heavy atom. The Hall–Kier alpha value is -1.98. The zero-order chi connectivity index (χ0) is 12.1. The quantitative estimate of drug-likeness (QED) is 0.617. The fourth-order valence-corrected chi connectivity index (χ4v) is 1.07. The summed E-state index contributed by atoms with van der Waals surface area (Å²) in [5, 5.41) is 12.6. The number of benzene rings is 1. The van der Waals surface area contributed by atoms with Crippen LogP contribution in [0, 0.1) is 15.9 Å². The second-order valence-corrected chi connectivity index (χ2v) is 3.27. The van der Waals surface area contributed by atoms with Crippen molar-refractivity contribution in [3.05, 3.63) is 45.8 Å². The number of hydrogen-bond acceptors (Lipinski definition) is 3. The minimum Gasteiger partial charge on any atom is -0.346 e. The number of carbonyl (C=O) groups excluding carboxylic acids is 1. The third kappa shape index (κ3) is 3.01. The van der Waals surface area contributed by atoms with E-state index >= 15 is 0 Å². The first-order chi connectivity index (χ1) is 7.52. The molecule has 16 heavy (non-hydrogen) atoms. The van der Waals surface area contributed by atoms with Crippen molar-refractivity contribution in [1.82, 2.24) is 5.32 Å². The van der Waals surface area contributed by atoms with Gasteiger partial charge in [0, 0.05) is 24.0 Å². The number of carbonyl (C=O) groups is 1. The molecule has 0 aliphatic rings. The lowest BCUT2D eigenvalue weighted by atomic mass is 10.2. The lowest BCUT2D eigenvalue weighted by molar-refractivity contribution is -0.503. The molecule has 86 valence electrons. The number of nitro groups is 1. The van der Waals surface area contributed by atoms with Gasteiger partial charge in [-0.3, -0.25) is 14.9 Å². The standard InChI is InChI=1S/C10H11FN2O3/c1-7(13(15)16)10(14)12-6-8-4-2-3-5-9(8)11/h2-5,7H,6H2,1H3,(H,12,14). The Morgan fingerprint density at radius 3 is 2.75 bits per heavy atom. The number of hydrogen-bond donors (Lipinski definition) is 1. The molecule has 0 saturated carbocycles. The van der Waals surface area contributed by atoms with Crippen LogP contribution in [-0.2, 0) is 11.3 Å². The van der Waals surface area contributed by atoms with Gasteiger partial charge in [0.2, 0.25) is 0 Å². The average Bonchev–Trinajstić information content (AvgIpc) is 2.26. The molecule has 0 bridgehead atoms. The summed E-state index contributed by atoms with van der Waals surface area (Å²) >= 11 is 0. The fourth-order valence-electron chi connectivity index (χ4n) is 1.07. The van der Waals surface area contributed by atoms with Gasteiger partial charge in [-0.1, -0.05) is 18.2 Å². The van der Waals surface area contributed by atoms with Crippen LogP contribution in [0.2, 0.25) is 0 Å². The van der Waals surface area contributed by atoms with Crippen molar-refractivity contribution in [2.24, 2.45) is 0 Å². The third-order valence-corrected chi connectivity index (χ3v) is 2.11. The van der Waals surface area contributed by atoms with Crippen molar-refractivity contribution in [2.75, 3.05) is 0 Å². The molecular weight excluding hydrogens is 215 g/mol. The van der Waals surface area contributed by atoms with Crippen LogP contribution < -0.4 is 5.32 Å². The van der Waals surface area contributed by atoms with E-state index in [2.05, 4.69) is 5.32 Å². The lowest BCUT2D eigenvalue weighted by Gasteiger charge is -2.06. The van der Waals surface area contributed by atoms with Crippen LogP contribution in [0.1, 0.15) is 12.5 Å². The second kappa shape index (κ2) is 5.20. The van der Waals surface area contributed by atoms with Crippen LogP contribution in [0.3, 0.4) is 0 Å². The summed E-state index contributed by atoms with van der Waals surface area (Å²) in [5.41, 5.74) is 0.298. The van der Waals surface area contributed by atoms with Gasteiger partial charge in [-0.05, 0) is 6.07 Å². The van der Waals surface area contributed by atoms with Gasteiger partial charge in [-0.2, -0.15) is 0 Å². The molecule has 1 aromatic carbocycles. The van der Waals surface area contributed by atoms with Crippen molar-refractivity contribution >= 4 is 5.91 Å². The van der Waals surface area contributed by atoms with E-state index in [-0.39, 0.29) is 6.54 Å². The van der Waals surface area contributed by atoms with Gasteiger partial charge in [0.15, 0.2) is 0 Å². The molecule has 1 rings (SSSR count). The minimum atomic E-state index is -1.33. The van der Waals surface area contributed by atoms with Gasteiger partial charge in [0.05, 0.1) is 0 Å². The van der Waals surface area contributed by atoms with Gasteiger partial charge < -0.3 is 5.32 Å². The van der Waals surface area contributed by atoms with Gasteiger partial charge in [0.1, 0.15) is 5.82 Å².